The summed E-state index contributed by atoms with van der Waals surface area (Å²) in [6, 6.07) is 9.74. The molecule has 0 aliphatic rings. The molecule has 0 aliphatic carbocycles. The highest BCUT2D eigenvalue weighted by Crippen LogP contribution is 2.04. The highest BCUT2D eigenvalue weighted by Gasteiger charge is 2.13. The van der Waals surface area contributed by atoms with E-state index in [9.17, 15) is 9.59 Å². The summed E-state index contributed by atoms with van der Waals surface area (Å²) in [6.07, 6.45) is 0.848. The molecule has 1 rings (SSSR count). The number of hydrogen-bond acceptors (Lipinski definition) is 2. The van der Waals surface area contributed by atoms with Crippen LogP contribution in [0.4, 0.5) is 0 Å². The first-order valence-electron chi connectivity index (χ1n) is 7.03. The van der Waals surface area contributed by atoms with Crippen molar-refractivity contribution in [1.82, 2.24) is 10.2 Å². The molecule has 0 bridgehead atoms. The van der Waals surface area contributed by atoms with E-state index in [2.05, 4.69) is 19.2 Å². The fraction of sp³-hybridized carbons (Fsp3) is 0.500. The van der Waals surface area contributed by atoms with E-state index in [0.29, 0.717) is 19.0 Å². The summed E-state index contributed by atoms with van der Waals surface area (Å²) in [4.78, 5) is 25.1. The molecule has 0 spiro atoms. The lowest BCUT2D eigenvalue weighted by molar-refractivity contribution is -0.135. The van der Waals surface area contributed by atoms with Crippen LogP contribution in [0.3, 0.4) is 0 Å². The van der Waals surface area contributed by atoms with E-state index in [1.165, 1.54) is 0 Å². The Morgan fingerprint density at radius 1 is 1.20 bits per heavy atom. The molecular weight excluding hydrogens is 252 g/mol. The summed E-state index contributed by atoms with van der Waals surface area (Å²) in [5.41, 5.74) is 1.06. The molecule has 2 amide bonds. The van der Waals surface area contributed by atoms with Gasteiger partial charge in [0.1, 0.15) is 6.42 Å². The average Bonchev–Trinajstić information content (AvgIpc) is 2.39. The summed E-state index contributed by atoms with van der Waals surface area (Å²) in [6.45, 7) is 5.36. The van der Waals surface area contributed by atoms with Gasteiger partial charge >= 0.3 is 0 Å². The number of nitrogens with one attached hydrogen (secondary N) is 1. The number of carbonyl (C=O) groups is 2. The monoisotopic (exact) mass is 276 g/mol. The first-order chi connectivity index (χ1) is 9.49. The average molecular weight is 276 g/mol. The van der Waals surface area contributed by atoms with Crippen molar-refractivity contribution in [3.63, 3.8) is 0 Å². The molecule has 0 aromatic heterocycles. The first kappa shape index (κ1) is 16.2. The van der Waals surface area contributed by atoms with Crippen LogP contribution in [-0.4, -0.2) is 30.3 Å². The molecular formula is C16H24N2O2. The van der Waals surface area contributed by atoms with Crippen LogP contribution < -0.4 is 5.32 Å². The van der Waals surface area contributed by atoms with E-state index in [0.717, 1.165) is 12.0 Å². The van der Waals surface area contributed by atoms with E-state index in [1.54, 1.807) is 11.9 Å². The number of hydrogen-bond donors (Lipinski definition) is 1. The van der Waals surface area contributed by atoms with Crippen LogP contribution >= 0.6 is 0 Å². The van der Waals surface area contributed by atoms with Crippen molar-refractivity contribution >= 4 is 11.8 Å². The van der Waals surface area contributed by atoms with E-state index in [1.807, 2.05) is 30.3 Å². The zero-order valence-electron chi connectivity index (χ0n) is 12.6. The number of nitrogens with zero attached hydrogens (tertiary/aromatic N) is 1. The van der Waals surface area contributed by atoms with Crippen molar-refractivity contribution in [1.29, 1.82) is 0 Å². The van der Waals surface area contributed by atoms with Crippen LogP contribution in [0.5, 0.6) is 0 Å². The smallest absolute Gasteiger partial charge is 0.232 e. The lowest BCUT2D eigenvalue weighted by Crippen LogP contribution is -2.33. The molecule has 20 heavy (non-hydrogen) atoms. The van der Waals surface area contributed by atoms with Crippen molar-refractivity contribution in [3.8, 4) is 0 Å². The third-order valence-corrected chi connectivity index (χ3v) is 3.04. The molecule has 0 atom stereocenters. The molecule has 110 valence electrons. The van der Waals surface area contributed by atoms with Crippen molar-refractivity contribution in [2.45, 2.75) is 33.2 Å². The van der Waals surface area contributed by atoms with E-state index >= 15 is 0 Å². The fourth-order valence-corrected chi connectivity index (χ4v) is 1.78. The Hall–Kier alpha value is -1.84. The van der Waals surface area contributed by atoms with E-state index in [-0.39, 0.29) is 18.2 Å². The van der Waals surface area contributed by atoms with Crippen LogP contribution in [-0.2, 0) is 16.1 Å². The molecule has 0 heterocycles. The Bertz CT molecular complexity index is 429. The van der Waals surface area contributed by atoms with Gasteiger partial charge in [0.25, 0.3) is 0 Å². The maximum absolute atomic E-state index is 11.9. The molecule has 0 aliphatic heterocycles. The number of carbonyl (C=O) groups excluding carboxylic acids is 2. The Morgan fingerprint density at radius 2 is 1.85 bits per heavy atom. The zero-order valence-corrected chi connectivity index (χ0v) is 12.6. The van der Waals surface area contributed by atoms with Gasteiger partial charge in [0.2, 0.25) is 11.8 Å². The second kappa shape index (κ2) is 8.35. The molecule has 0 unspecified atom stereocenters. The summed E-state index contributed by atoms with van der Waals surface area (Å²) < 4.78 is 0. The molecule has 0 fully saturated rings. The lowest BCUT2D eigenvalue weighted by atomic mass is 10.1. The van der Waals surface area contributed by atoms with Crippen LogP contribution in [0.1, 0.15) is 32.3 Å². The van der Waals surface area contributed by atoms with Gasteiger partial charge in [0, 0.05) is 20.1 Å². The van der Waals surface area contributed by atoms with Crippen molar-refractivity contribution in [2.24, 2.45) is 5.92 Å². The Balaban J connectivity index is 2.32. The molecule has 4 heteroatoms. The topological polar surface area (TPSA) is 49.4 Å². The molecule has 0 saturated heterocycles. The highest BCUT2D eigenvalue weighted by molar-refractivity contribution is 5.96. The largest absolute Gasteiger partial charge is 0.356 e. The summed E-state index contributed by atoms with van der Waals surface area (Å²) in [5.74, 6) is 0.193. The molecule has 0 saturated carbocycles. The van der Waals surface area contributed by atoms with Crippen molar-refractivity contribution in [3.05, 3.63) is 35.9 Å². The van der Waals surface area contributed by atoms with Crippen LogP contribution in [0, 0.1) is 5.92 Å². The molecule has 0 radical (unpaired) electrons. The minimum Gasteiger partial charge on any atom is -0.356 e. The number of rotatable bonds is 7. The van der Waals surface area contributed by atoms with Gasteiger partial charge in [-0.3, -0.25) is 9.59 Å². The van der Waals surface area contributed by atoms with Crippen molar-refractivity contribution in [2.75, 3.05) is 13.6 Å². The number of benzene rings is 1. The third kappa shape index (κ3) is 6.36. The van der Waals surface area contributed by atoms with Gasteiger partial charge in [-0.2, -0.15) is 0 Å². The lowest BCUT2D eigenvalue weighted by Gasteiger charge is -2.17. The van der Waals surface area contributed by atoms with Crippen molar-refractivity contribution < 1.29 is 9.59 Å². The summed E-state index contributed by atoms with van der Waals surface area (Å²) >= 11 is 0. The second-order valence-corrected chi connectivity index (χ2v) is 5.44. The standard InChI is InChI=1S/C16H24N2O2/c1-13(2)9-10-17-15(19)11-16(20)18(3)12-14-7-5-4-6-8-14/h4-8,13H,9-12H2,1-3H3,(H,17,19). The zero-order chi connectivity index (χ0) is 15.0. The summed E-state index contributed by atoms with van der Waals surface area (Å²) in [7, 11) is 1.72. The Labute approximate surface area is 121 Å². The van der Waals surface area contributed by atoms with Crippen LogP contribution in [0.15, 0.2) is 30.3 Å². The molecule has 1 N–H and O–H groups in total. The van der Waals surface area contributed by atoms with Gasteiger partial charge < -0.3 is 10.2 Å². The number of amides is 2. The van der Waals surface area contributed by atoms with Gasteiger partial charge in [-0.1, -0.05) is 44.2 Å². The minimum absolute atomic E-state index is 0.0819. The predicted molar refractivity (Wildman–Crippen MR) is 80.0 cm³/mol. The second-order valence-electron chi connectivity index (χ2n) is 5.44. The maximum Gasteiger partial charge on any atom is 0.232 e. The van der Waals surface area contributed by atoms with E-state index in [4.69, 9.17) is 0 Å². The van der Waals surface area contributed by atoms with E-state index < -0.39 is 0 Å². The van der Waals surface area contributed by atoms with Gasteiger partial charge in [0.05, 0.1) is 0 Å². The normalized spacial score (nSPS) is 10.4. The Morgan fingerprint density at radius 3 is 2.45 bits per heavy atom. The molecule has 4 nitrogen and oxygen atoms in total. The van der Waals surface area contributed by atoms with Gasteiger partial charge in [0.15, 0.2) is 0 Å². The maximum atomic E-state index is 11.9. The van der Waals surface area contributed by atoms with Gasteiger partial charge in [-0.05, 0) is 17.9 Å². The van der Waals surface area contributed by atoms with Crippen LogP contribution in [0.25, 0.3) is 0 Å². The fourth-order valence-electron chi connectivity index (χ4n) is 1.78. The first-order valence-corrected chi connectivity index (χ1v) is 7.03. The van der Waals surface area contributed by atoms with Gasteiger partial charge in [-0.15, -0.1) is 0 Å². The predicted octanol–water partition coefficient (Wildman–Crippen LogP) is 2.20. The summed E-state index contributed by atoms with van der Waals surface area (Å²) in [5, 5.41) is 2.78. The molecule has 1 aromatic rings. The van der Waals surface area contributed by atoms with Gasteiger partial charge in [-0.25, -0.2) is 0 Å². The SMILES string of the molecule is CC(C)CCNC(=O)CC(=O)N(C)Cc1ccccc1. The third-order valence-electron chi connectivity index (χ3n) is 3.04. The quantitative estimate of drug-likeness (QED) is 0.776. The highest BCUT2D eigenvalue weighted by atomic mass is 16.2. The minimum atomic E-state index is -0.199. The molecule has 1 aromatic carbocycles. The van der Waals surface area contributed by atoms with Crippen LogP contribution in [0.2, 0.25) is 0 Å². The Kier molecular flexibility index (Phi) is 6.77.